The fraction of sp³-hybridized carbons (Fsp3) is 0.500. The number of benzene rings is 1. The summed E-state index contributed by atoms with van der Waals surface area (Å²) in [5.74, 6) is -0.507. The molecular formula is C20H26ClF3N4O3. The van der Waals surface area contributed by atoms with Crippen LogP contribution in [0.25, 0.3) is 0 Å². The molecule has 2 N–H and O–H groups in total. The van der Waals surface area contributed by atoms with E-state index in [9.17, 15) is 18.0 Å². The Morgan fingerprint density at radius 1 is 1.29 bits per heavy atom. The molecule has 0 radical (unpaired) electrons. The lowest BCUT2D eigenvalue weighted by atomic mass is 10.2. The summed E-state index contributed by atoms with van der Waals surface area (Å²) in [5, 5.41) is -0.209. The molecular weight excluding hydrogens is 437 g/mol. The Morgan fingerprint density at radius 3 is 2.58 bits per heavy atom. The maximum absolute atomic E-state index is 12.7. The van der Waals surface area contributed by atoms with Crippen LogP contribution in [0.3, 0.4) is 0 Å². The van der Waals surface area contributed by atoms with Gasteiger partial charge >= 0.3 is 12.5 Å². The number of hydrogen-bond acceptors (Lipinski definition) is 5. The average Bonchev–Trinajstić information content (AvgIpc) is 3.06. The molecule has 0 spiro atoms. The molecule has 7 nitrogen and oxygen atoms in total. The molecule has 0 unspecified atom stereocenters. The third kappa shape index (κ3) is 8.66. The first kappa shape index (κ1) is 24.8. The highest BCUT2D eigenvalue weighted by atomic mass is 35.5. The predicted molar refractivity (Wildman–Crippen MR) is 110 cm³/mol. The molecule has 0 fully saturated rings. The quantitative estimate of drug-likeness (QED) is 0.629. The van der Waals surface area contributed by atoms with Crippen LogP contribution >= 0.6 is 11.6 Å². The van der Waals surface area contributed by atoms with Gasteiger partial charge in [-0.1, -0.05) is 17.7 Å². The van der Waals surface area contributed by atoms with E-state index < -0.39 is 23.8 Å². The minimum absolute atomic E-state index is 0.0877. The van der Waals surface area contributed by atoms with E-state index in [-0.39, 0.29) is 18.1 Å². The zero-order chi connectivity index (χ0) is 23.2. The number of nitrogens with zero attached hydrogens (tertiary/aromatic N) is 3. The minimum atomic E-state index is -4.85. The summed E-state index contributed by atoms with van der Waals surface area (Å²) in [6, 6.07) is 3.86. The van der Waals surface area contributed by atoms with E-state index in [2.05, 4.69) is 9.72 Å². The van der Waals surface area contributed by atoms with Gasteiger partial charge in [-0.25, -0.2) is 9.78 Å². The molecule has 0 aliphatic carbocycles. The lowest BCUT2D eigenvalue weighted by Crippen LogP contribution is -2.37. The molecule has 0 aliphatic rings. The van der Waals surface area contributed by atoms with Crippen molar-refractivity contribution in [2.45, 2.75) is 52.2 Å². The topological polar surface area (TPSA) is 82.6 Å². The first-order chi connectivity index (χ1) is 14.4. The molecule has 0 saturated carbocycles. The van der Waals surface area contributed by atoms with Crippen molar-refractivity contribution in [1.29, 1.82) is 0 Å². The molecule has 0 atom stereocenters. The lowest BCUT2D eigenvalue weighted by Gasteiger charge is -2.27. The van der Waals surface area contributed by atoms with E-state index in [4.69, 9.17) is 22.1 Å². The van der Waals surface area contributed by atoms with Gasteiger partial charge in [0.05, 0.1) is 17.0 Å². The van der Waals surface area contributed by atoms with Gasteiger partial charge in [-0.3, -0.25) is 0 Å². The predicted octanol–water partition coefficient (Wildman–Crippen LogP) is 4.37. The molecule has 1 aromatic carbocycles. The molecule has 0 bridgehead atoms. The molecule has 1 aromatic heterocycles. The van der Waals surface area contributed by atoms with Crippen molar-refractivity contribution in [3.05, 3.63) is 47.0 Å². The van der Waals surface area contributed by atoms with Crippen molar-refractivity contribution in [3.8, 4) is 5.75 Å². The van der Waals surface area contributed by atoms with Gasteiger partial charge in [0.2, 0.25) is 0 Å². The maximum atomic E-state index is 12.7. The number of aromatic nitrogens is 2. The minimum Gasteiger partial charge on any atom is -0.444 e. The molecule has 2 aromatic rings. The normalized spacial score (nSPS) is 12.0. The van der Waals surface area contributed by atoms with Gasteiger partial charge in [-0.15, -0.1) is 13.2 Å². The van der Waals surface area contributed by atoms with E-state index >= 15 is 0 Å². The number of halogens is 4. The van der Waals surface area contributed by atoms with Crippen LogP contribution in [-0.2, 0) is 24.2 Å². The van der Waals surface area contributed by atoms with E-state index in [0.717, 1.165) is 11.8 Å². The fourth-order valence-corrected chi connectivity index (χ4v) is 2.93. The summed E-state index contributed by atoms with van der Waals surface area (Å²) >= 11 is 5.93. The zero-order valence-electron chi connectivity index (χ0n) is 17.6. The smallest absolute Gasteiger partial charge is 0.444 e. The Labute approximate surface area is 183 Å². The number of alkyl halides is 3. The van der Waals surface area contributed by atoms with Gasteiger partial charge in [-0.05, 0) is 38.5 Å². The van der Waals surface area contributed by atoms with Crippen molar-refractivity contribution in [2.75, 3.05) is 13.1 Å². The van der Waals surface area contributed by atoms with Crippen LogP contribution in [0.15, 0.2) is 30.7 Å². The summed E-state index contributed by atoms with van der Waals surface area (Å²) in [7, 11) is 0. The van der Waals surface area contributed by atoms with Crippen LogP contribution in [0.1, 0.15) is 32.0 Å². The fourth-order valence-electron chi connectivity index (χ4n) is 2.69. The monoisotopic (exact) mass is 462 g/mol. The van der Waals surface area contributed by atoms with Crippen molar-refractivity contribution in [3.63, 3.8) is 0 Å². The molecule has 2 rings (SSSR count). The third-order valence-electron chi connectivity index (χ3n) is 3.96. The highest BCUT2D eigenvalue weighted by Crippen LogP contribution is 2.31. The van der Waals surface area contributed by atoms with Gasteiger partial charge < -0.3 is 24.7 Å². The number of carbonyl (C=O) groups excluding carboxylic acids is 1. The molecule has 31 heavy (non-hydrogen) atoms. The Bertz CT molecular complexity index is 881. The van der Waals surface area contributed by atoms with Gasteiger partial charge in [0.1, 0.15) is 11.4 Å². The lowest BCUT2D eigenvalue weighted by molar-refractivity contribution is -0.274. The zero-order valence-corrected chi connectivity index (χ0v) is 18.3. The van der Waals surface area contributed by atoms with Crippen LogP contribution in [0, 0.1) is 0 Å². The molecule has 0 aliphatic heterocycles. The van der Waals surface area contributed by atoms with Crippen LogP contribution < -0.4 is 10.5 Å². The summed E-state index contributed by atoms with van der Waals surface area (Å²) in [5.41, 5.74) is 6.12. The molecule has 1 heterocycles. The number of amides is 1. The second kappa shape index (κ2) is 10.2. The number of ether oxygens (including phenoxy) is 2. The van der Waals surface area contributed by atoms with E-state index in [0.29, 0.717) is 25.1 Å². The highest BCUT2D eigenvalue weighted by molar-refractivity contribution is 6.32. The van der Waals surface area contributed by atoms with Crippen LogP contribution in [-0.4, -0.2) is 45.6 Å². The second-order valence-corrected chi connectivity index (χ2v) is 8.26. The highest BCUT2D eigenvalue weighted by Gasteiger charge is 2.32. The Balaban J connectivity index is 2.14. The first-order valence-electron chi connectivity index (χ1n) is 9.59. The van der Waals surface area contributed by atoms with Gasteiger partial charge in [0, 0.05) is 38.8 Å². The Kier molecular flexibility index (Phi) is 8.19. The van der Waals surface area contributed by atoms with E-state index in [1.165, 1.54) is 17.0 Å². The third-order valence-corrected chi connectivity index (χ3v) is 4.25. The Morgan fingerprint density at radius 2 is 2.00 bits per heavy atom. The number of carbonyl (C=O) groups is 1. The summed E-state index contributed by atoms with van der Waals surface area (Å²) in [6.45, 7) is 6.73. The number of nitrogens with two attached hydrogens (primary N) is 1. The Hall–Kier alpha value is -2.46. The average molecular weight is 463 g/mol. The second-order valence-electron chi connectivity index (χ2n) is 7.86. The van der Waals surface area contributed by atoms with Gasteiger partial charge in [-0.2, -0.15) is 0 Å². The SMILES string of the molecule is CC(C)(C)OC(=O)N(CCc1cn(CCN)cn1)Cc1ccc(OC(F)(F)F)c(Cl)c1. The van der Waals surface area contributed by atoms with E-state index in [1.54, 1.807) is 27.1 Å². The van der Waals surface area contributed by atoms with Crippen LogP contribution in [0.5, 0.6) is 5.75 Å². The van der Waals surface area contributed by atoms with Crippen molar-refractivity contribution in [2.24, 2.45) is 5.73 Å². The molecule has 11 heteroatoms. The van der Waals surface area contributed by atoms with Gasteiger partial charge in [0.15, 0.2) is 0 Å². The van der Waals surface area contributed by atoms with Crippen molar-refractivity contribution < 1.29 is 27.4 Å². The first-order valence-corrected chi connectivity index (χ1v) is 9.97. The van der Waals surface area contributed by atoms with Crippen LogP contribution in [0.2, 0.25) is 5.02 Å². The molecule has 0 saturated heterocycles. The number of hydrogen-bond donors (Lipinski definition) is 1. The molecule has 172 valence electrons. The summed E-state index contributed by atoms with van der Waals surface area (Å²) in [6.07, 6.45) is -1.43. The number of rotatable bonds is 8. The van der Waals surface area contributed by atoms with Crippen molar-refractivity contribution in [1.82, 2.24) is 14.5 Å². The summed E-state index contributed by atoms with van der Waals surface area (Å²) in [4.78, 5) is 18.4. The maximum Gasteiger partial charge on any atom is 0.573 e. The standard InChI is InChI=1S/C20H26ClF3N4O3/c1-19(2,3)31-18(29)28(8-6-15-12-27(9-7-25)13-26-15)11-14-4-5-17(16(21)10-14)30-20(22,23)24/h4-5,10,12-13H,6-9,11,25H2,1-3H3. The van der Waals surface area contributed by atoms with Crippen LogP contribution in [0.4, 0.5) is 18.0 Å². The number of imidazole rings is 1. The molecule has 1 amide bonds. The van der Waals surface area contributed by atoms with Gasteiger partial charge in [0.25, 0.3) is 0 Å². The largest absolute Gasteiger partial charge is 0.573 e. The van der Waals surface area contributed by atoms with E-state index in [1.807, 2.05) is 10.8 Å². The van der Waals surface area contributed by atoms with Crippen molar-refractivity contribution >= 4 is 17.7 Å². The summed E-state index contributed by atoms with van der Waals surface area (Å²) < 4.78 is 48.5.